The molecule has 1 saturated heterocycles. The number of nitrogens with zero attached hydrogens (tertiary/aromatic N) is 5. The van der Waals surface area contributed by atoms with Gasteiger partial charge in [0.15, 0.2) is 11.5 Å². The van der Waals surface area contributed by atoms with E-state index in [0.717, 1.165) is 17.2 Å². The van der Waals surface area contributed by atoms with Crippen molar-refractivity contribution in [1.82, 2.24) is 14.6 Å². The van der Waals surface area contributed by atoms with E-state index in [9.17, 15) is 18.0 Å². The average Bonchev–Trinajstić information content (AvgIpc) is 3.41. The van der Waals surface area contributed by atoms with E-state index in [-0.39, 0.29) is 25.0 Å². The lowest BCUT2D eigenvalue weighted by atomic mass is 9.97. The van der Waals surface area contributed by atoms with Crippen molar-refractivity contribution in [2.24, 2.45) is 4.99 Å². The molecular formula is C36H34F3N5O3. The van der Waals surface area contributed by atoms with Crippen molar-refractivity contribution in [1.29, 1.82) is 0 Å². The van der Waals surface area contributed by atoms with Crippen molar-refractivity contribution in [3.05, 3.63) is 124 Å². The number of fused-ring (bicyclic) bond motifs is 1. The molecule has 1 fully saturated rings. The van der Waals surface area contributed by atoms with Crippen molar-refractivity contribution in [3.63, 3.8) is 0 Å². The number of carbonyl (C=O) groups excluding carboxylic acids is 1. The number of aromatic nitrogens is 3. The Morgan fingerprint density at radius 3 is 2.23 bits per heavy atom. The summed E-state index contributed by atoms with van der Waals surface area (Å²) >= 11 is 0. The Morgan fingerprint density at radius 2 is 1.62 bits per heavy atom. The summed E-state index contributed by atoms with van der Waals surface area (Å²) in [4.78, 5) is 25.0. The van der Waals surface area contributed by atoms with Gasteiger partial charge >= 0.3 is 12.1 Å². The molecule has 242 valence electrons. The van der Waals surface area contributed by atoms with Crippen molar-refractivity contribution >= 4 is 28.8 Å². The molecule has 0 spiro atoms. The number of imidazole rings is 1. The molecule has 0 radical (unpaired) electrons. The first-order valence-electron chi connectivity index (χ1n) is 15.5. The summed E-state index contributed by atoms with van der Waals surface area (Å²) in [6.45, 7) is 5.59. The van der Waals surface area contributed by atoms with Crippen LogP contribution in [0.1, 0.15) is 46.1 Å². The molecule has 1 aliphatic heterocycles. The van der Waals surface area contributed by atoms with Crippen molar-refractivity contribution in [2.75, 3.05) is 37.8 Å². The highest BCUT2D eigenvalue weighted by atomic mass is 19.4. The molecule has 0 aliphatic carbocycles. The van der Waals surface area contributed by atoms with Gasteiger partial charge in [-0.1, -0.05) is 72.8 Å². The highest BCUT2D eigenvalue weighted by molar-refractivity contribution is 6.14. The maximum atomic E-state index is 13.9. The fourth-order valence-corrected chi connectivity index (χ4v) is 5.75. The van der Waals surface area contributed by atoms with Gasteiger partial charge in [0.25, 0.3) is 0 Å². The van der Waals surface area contributed by atoms with Crippen LogP contribution in [0.25, 0.3) is 5.65 Å². The molecule has 0 amide bonds. The lowest BCUT2D eigenvalue weighted by Crippen LogP contribution is -2.37. The molecule has 11 heteroatoms. The topological polar surface area (TPSA) is 81.3 Å². The molecule has 0 unspecified atom stereocenters. The number of hydrogen-bond donors (Lipinski definition) is 0. The fraction of sp³-hybridized carbons (Fsp3) is 0.278. The lowest BCUT2D eigenvalue weighted by molar-refractivity contribution is -0.142. The van der Waals surface area contributed by atoms with E-state index in [1.807, 2.05) is 66.7 Å². The highest BCUT2D eigenvalue weighted by Gasteiger charge is 2.33. The van der Waals surface area contributed by atoms with Crippen LogP contribution in [0.5, 0.6) is 0 Å². The number of rotatable bonds is 9. The van der Waals surface area contributed by atoms with Gasteiger partial charge in [-0.2, -0.15) is 13.2 Å². The molecule has 6 rings (SSSR count). The first-order valence-corrected chi connectivity index (χ1v) is 15.5. The van der Waals surface area contributed by atoms with Crippen LogP contribution in [-0.2, 0) is 33.3 Å². The first kappa shape index (κ1) is 31.9. The molecular weight excluding hydrogens is 607 g/mol. The van der Waals surface area contributed by atoms with Crippen molar-refractivity contribution < 1.29 is 27.4 Å². The van der Waals surface area contributed by atoms with Crippen LogP contribution in [0.2, 0.25) is 0 Å². The van der Waals surface area contributed by atoms with Gasteiger partial charge in [0, 0.05) is 36.7 Å². The van der Waals surface area contributed by atoms with E-state index in [1.165, 1.54) is 13.0 Å². The molecule has 5 aromatic rings. The summed E-state index contributed by atoms with van der Waals surface area (Å²) in [5, 5.41) is 4.96. The van der Waals surface area contributed by atoms with E-state index < -0.39 is 17.7 Å². The lowest BCUT2D eigenvalue weighted by Gasteiger charge is -2.28. The Bertz CT molecular complexity index is 1860. The zero-order valence-corrected chi connectivity index (χ0v) is 26.1. The fourth-order valence-electron chi connectivity index (χ4n) is 5.75. The summed E-state index contributed by atoms with van der Waals surface area (Å²) < 4.78 is 54.1. The third-order valence-corrected chi connectivity index (χ3v) is 8.12. The molecule has 0 N–H and O–H groups in total. The molecule has 0 atom stereocenters. The van der Waals surface area contributed by atoms with Gasteiger partial charge in [-0.05, 0) is 31.0 Å². The summed E-state index contributed by atoms with van der Waals surface area (Å²) in [6.07, 6.45) is -4.63. The number of benzene rings is 3. The van der Waals surface area contributed by atoms with Gasteiger partial charge in [-0.3, -0.25) is 4.79 Å². The van der Waals surface area contributed by atoms with E-state index in [4.69, 9.17) is 24.5 Å². The zero-order valence-electron chi connectivity index (χ0n) is 26.1. The second-order valence-electron chi connectivity index (χ2n) is 11.2. The zero-order chi connectivity index (χ0) is 33.0. The van der Waals surface area contributed by atoms with Crippen LogP contribution in [-0.4, -0.2) is 59.2 Å². The number of carbonyl (C=O) groups is 1. The number of esters is 1. The summed E-state index contributed by atoms with van der Waals surface area (Å²) in [5.41, 5.74) is 4.06. The van der Waals surface area contributed by atoms with E-state index in [1.54, 1.807) is 17.5 Å². The number of alkyl halides is 3. The van der Waals surface area contributed by atoms with Crippen molar-refractivity contribution in [2.45, 2.75) is 32.9 Å². The molecule has 8 nitrogen and oxygen atoms in total. The molecule has 1 aliphatic rings. The van der Waals surface area contributed by atoms with Crippen LogP contribution in [0.4, 0.5) is 24.7 Å². The van der Waals surface area contributed by atoms with E-state index >= 15 is 0 Å². The molecule has 3 heterocycles. The Labute approximate surface area is 270 Å². The van der Waals surface area contributed by atoms with Gasteiger partial charge < -0.3 is 14.4 Å². The molecule has 0 bridgehead atoms. The molecule has 47 heavy (non-hydrogen) atoms. The van der Waals surface area contributed by atoms with E-state index in [2.05, 4.69) is 4.90 Å². The monoisotopic (exact) mass is 641 g/mol. The Hall–Kier alpha value is -5.03. The molecule has 0 saturated carbocycles. The number of ether oxygens (including phenoxy) is 2. The summed E-state index contributed by atoms with van der Waals surface area (Å²) in [7, 11) is 0. The maximum Gasteiger partial charge on any atom is 0.416 e. The second-order valence-corrected chi connectivity index (χ2v) is 11.2. The minimum absolute atomic E-state index is 0.0542. The number of halogens is 3. The SMILES string of the molecule is CCOC(=O)Cc1nc2c(N=C(c3ccccc3)c3ccccc3)cc(N3CCOCC3)nn2c1Cc1cccc(C(F)(F)F)c1C. The highest BCUT2D eigenvalue weighted by Crippen LogP contribution is 2.35. The van der Waals surface area contributed by atoms with Crippen LogP contribution in [0.15, 0.2) is 89.9 Å². The van der Waals surface area contributed by atoms with Gasteiger partial charge in [0.05, 0.1) is 48.9 Å². The third kappa shape index (κ3) is 7.05. The summed E-state index contributed by atoms with van der Waals surface area (Å²) in [6, 6.07) is 25.6. The number of hydrogen-bond acceptors (Lipinski definition) is 7. The standard InChI is InChI=1S/C36H34F3N5O3/c1-3-47-33(45)23-29-31(21-27-15-10-16-28(24(27)2)36(37,38)39)44-35(41-29)30(22-32(42-44)43-17-19-46-20-18-43)40-34(25-11-6-4-7-12-25)26-13-8-5-9-14-26/h4-16,22H,3,17-21,23H2,1-2H3. The van der Waals surface area contributed by atoms with Crippen LogP contribution >= 0.6 is 0 Å². The minimum Gasteiger partial charge on any atom is -0.466 e. The van der Waals surface area contributed by atoms with Crippen molar-refractivity contribution in [3.8, 4) is 0 Å². The Kier molecular flexibility index (Phi) is 9.35. The van der Waals surface area contributed by atoms with Gasteiger partial charge in [0.2, 0.25) is 0 Å². The predicted molar refractivity (Wildman–Crippen MR) is 174 cm³/mol. The Balaban J connectivity index is 1.60. The van der Waals surface area contributed by atoms with E-state index in [0.29, 0.717) is 66.1 Å². The smallest absolute Gasteiger partial charge is 0.416 e. The van der Waals surface area contributed by atoms with Crippen LogP contribution in [0, 0.1) is 6.92 Å². The Morgan fingerprint density at radius 1 is 0.957 bits per heavy atom. The predicted octanol–water partition coefficient (Wildman–Crippen LogP) is 6.76. The average molecular weight is 642 g/mol. The largest absolute Gasteiger partial charge is 0.466 e. The maximum absolute atomic E-state index is 13.9. The second kappa shape index (κ2) is 13.8. The van der Waals surface area contributed by atoms with Gasteiger partial charge in [-0.25, -0.2) is 14.5 Å². The molecule has 3 aromatic carbocycles. The summed E-state index contributed by atoms with van der Waals surface area (Å²) in [5.74, 6) is 0.118. The quantitative estimate of drug-likeness (QED) is 0.131. The number of morpholine rings is 1. The minimum atomic E-state index is -4.51. The van der Waals surface area contributed by atoms with Crippen LogP contribution in [0.3, 0.4) is 0 Å². The van der Waals surface area contributed by atoms with Gasteiger partial charge in [-0.15, -0.1) is 5.10 Å². The number of aliphatic imine (C=N–C) groups is 1. The normalized spacial score (nSPS) is 13.5. The van der Waals surface area contributed by atoms with Crippen LogP contribution < -0.4 is 4.90 Å². The third-order valence-electron chi connectivity index (χ3n) is 8.12. The first-order chi connectivity index (χ1) is 22.7. The van der Waals surface area contributed by atoms with Gasteiger partial charge in [0.1, 0.15) is 5.69 Å². The molecule has 2 aromatic heterocycles. The number of anilines is 1.